The summed E-state index contributed by atoms with van der Waals surface area (Å²) in [6.45, 7) is 9.45. The Morgan fingerprint density at radius 3 is 1.04 bits per heavy atom. The summed E-state index contributed by atoms with van der Waals surface area (Å²) in [5.41, 5.74) is 12.0. The van der Waals surface area contributed by atoms with Crippen molar-refractivity contribution in [1.29, 1.82) is 0 Å². The number of halogens is 3. The highest BCUT2D eigenvalue weighted by Gasteiger charge is 2.48. The van der Waals surface area contributed by atoms with Crippen molar-refractivity contribution in [3.8, 4) is 0 Å². The average molecular weight is 754 g/mol. The molecule has 0 spiro atoms. The first-order chi connectivity index (χ1) is 25.1. The molecule has 0 aliphatic heterocycles. The monoisotopic (exact) mass is 752 g/mol. The lowest BCUT2D eigenvalue weighted by Gasteiger charge is -2.39. The van der Waals surface area contributed by atoms with Crippen molar-refractivity contribution in [1.82, 2.24) is 0 Å². The van der Waals surface area contributed by atoms with Gasteiger partial charge in [-0.2, -0.15) is 0 Å². The first kappa shape index (κ1) is 36.3. The fourth-order valence-electron chi connectivity index (χ4n) is 8.19. The molecule has 52 heavy (non-hydrogen) atoms. The van der Waals surface area contributed by atoms with Crippen LogP contribution in [0.1, 0.15) is 61.1 Å². The van der Waals surface area contributed by atoms with E-state index in [0.29, 0.717) is 5.92 Å². The highest BCUT2D eigenvalue weighted by Crippen LogP contribution is 2.41. The van der Waals surface area contributed by atoms with Crippen LogP contribution in [0, 0.1) is 5.92 Å². The molecule has 0 radical (unpaired) electrons. The normalized spacial score (nSPS) is 14.7. The summed E-state index contributed by atoms with van der Waals surface area (Å²) in [7, 11) is -2.90. The Morgan fingerprint density at radius 1 is 0.423 bits per heavy atom. The van der Waals surface area contributed by atoms with E-state index in [9.17, 15) is 0 Å². The van der Waals surface area contributed by atoms with Gasteiger partial charge in [-0.1, -0.05) is 167 Å². The van der Waals surface area contributed by atoms with Crippen LogP contribution in [0.4, 0.5) is 0 Å². The predicted octanol–water partition coefficient (Wildman–Crippen LogP) is 11.7. The van der Waals surface area contributed by atoms with E-state index >= 15 is 0 Å². The molecule has 6 aromatic carbocycles. The number of benzene rings is 6. The van der Waals surface area contributed by atoms with Crippen LogP contribution >= 0.6 is 34.8 Å². The van der Waals surface area contributed by atoms with Crippen LogP contribution in [0.15, 0.2) is 168 Å². The topological polar surface area (TPSA) is 0 Å². The summed E-state index contributed by atoms with van der Waals surface area (Å²) in [6, 6.07) is 53.2. The largest absolute Gasteiger partial charge is 0.176 e. The van der Waals surface area contributed by atoms with E-state index in [0.717, 1.165) is 34.3 Å². The molecule has 4 heteroatoms. The van der Waals surface area contributed by atoms with E-state index in [1.54, 1.807) is 5.20 Å². The highest BCUT2D eigenvalue weighted by molar-refractivity contribution is 7.16. The number of hydrogen-bond donors (Lipinski definition) is 0. The zero-order chi connectivity index (χ0) is 36.4. The summed E-state index contributed by atoms with van der Waals surface area (Å²) >= 11 is 18.9. The fraction of sp³-hybridized carbons (Fsp3) is 0.167. The van der Waals surface area contributed by atoms with Crippen molar-refractivity contribution in [3.05, 3.63) is 216 Å². The molecule has 1 aliphatic carbocycles. The molecule has 1 atom stereocenters. The smallest absolute Gasteiger partial charge is 0.0843 e. The molecule has 7 rings (SSSR count). The minimum absolute atomic E-state index is 0.312. The van der Waals surface area contributed by atoms with Crippen LogP contribution in [0.5, 0.6) is 0 Å². The molecule has 0 fully saturated rings. The summed E-state index contributed by atoms with van der Waals surface area (Å²) < 4.78 is 0. The van der Waals surface area contributed by atoms with Gasteiger partial charge in [0.2, 0.25) is 0 Å². The first-order valence-corrected chi connectivity index (χ1v) is 21.2. The summed E-state index contributed by atoms with van der Waals surface area (Å²) in [5, 5.41) is 8.10. The van der Waals surface area contributed by atoms with Crippen molar-refractivity contribution in [2.45, 2.75) is 47.0 Å². The quantitative estimate of drug-likeness (QED) is 0.0965. The van der Waals surface area contributed by atoms with E-state index < -0.39 is 8.07 Å². The average Bonchev–Trinajstić information content (AvgIpc) is 3.34. The van der Waals surface area contributed by atoms with Gasteiger partial charge in [0.15, 0.2) is 8.07 Å². The molecule has 0 saturated carbocycles. The number of rotatable bonds is 10. The van der Waals surface area contributed by atoms with E-state index in [2.05, 4.69) is 137 Å². The van der Waals surface area contributed by atoms with E-state index in [1.807, 2.05) is 36.4 Å². The van der Waals surface area contributed by atoms with E-state index in [1.165, 1.54) is 65.7 Å². The summed E-state index contributed by atoms with van der Waals surface area (Å²) in [5.74, 6) is 0.312. The molecule has 260 valence electrons. The Hall–Kier alpha value is -4.11. The lowest BCUT2D eigenvalue weighted by molar-refractivity contribution is 0.851. The molecule has 1 unspecified atom stereocenters. The van der Waals surface area contributed by atoms with Gasteiger partial charge in [-0.25, -0.2) is 0 Å². The Bertz CT molecular complexity index is 2060. The predicted molar refractivity (Wildman–Crippen MR) is 227 cm³/mol. The zero-order valence-electron chi connectivity index (χ0n) is 30.2. The molecule has 0 aromatic heterocycles. The van der Waals surface area contributed by atoms with Gasteiger partial charge in [0, 0.05) is 15.1 Å². The van der Waals surface area contributed by atoms with Gasteiger partial charge in [-0.3, -0.25) is 0 Å². The zero-order valence-corrected chi connectivity index (χ0v) is 33.5. The maximum absolute atomic E-state index is 6.29. The third kappa shape index (κ3) is 7.39. The van der Waals surface area contributed by atoms with Crippen LogP contribution in [0.2, 0.25) is 15.1 Å². The van der Waals surface area contributed by atoms with Gasteiger partial charge < -0.3 is 0 Å². The lowest BCUT2D eigenvalue weighted by atomic mass is 10.0. The first-order valence-electron chi connectivity index (χ1n) is 18.0. The van der Waals surface area contributed by atoms with Crippen molar-refractivity contribution >= 4 is 58.4 Å². The van der Waals surface area contributed by atoms with Gasteiger partial charge in [-0.05, 0) is 137 Å². The SMILES string of the molecule is CC1=C(C)C(C)C([Si](c2cccc(Cc3ccc(Cl)cc3)c2)(c2cccc(Cc3ccc(Cl)cc3)c2)c2cccc(Cc3ccc(Cl)cc3)c2)=C1C. The van der Waals surface area contributed by atoms with Crippen molar-refractivity contribution in [2.75, 3.05) is 0 Å². The van der Waals surface area contributed by atoms with Crippen LogP contribution < -0.4 is 15.6 Å². The minimum atomic E-state index is -2.90. The van der Waals surface area contributed by atoms with Crippen LogP contribution in [-0.4, -0.2) is 8.07 Å². The molecule has 0 nitrogen and oxygen atoms in total. The van der Waals surface area contributed by atoms with Crippen molar-refractivity contribution < 1.29 is 0 Å². The summed E-state index contributed by atoms with van der Waals surface area (Å²) in [6.07, 6.45) is 2.52. The third-order valence-corrected chi connectivity index (χ3v) is 17.0. The standard InChI is InChI=1S/C48H43Cl3Si/c1-32-33(2)35(4)48(34(32)3)52(45-11-5-8-39(29-45)26-36-14-20-42(49)21-15-36,46-12-6-9-40(30-46)27-37-16-22-43(50)23-17-37)47-13-7-10-41(31-47)28-38-18-24-44(51)25-19-38/h5-25,29-31,34H,26-28H2,1-4H3. The second-order valence-corrected chi connectivity index (χ2v) is 19.4. The minimum Gasteiger partial charge on any atom is -0.0843 e. The van der Waals surface area contributed by atoms with Gasteiger partial charge in [0.1, 0.15) is 0 Å². The van der Waals surface area contributed by atoms with Gasteiger partial charge in [-0.15, -0.1) is 0 Å². The number of hydrogen-bond acceptors (Lipinski definition) is 0. The van der Waals surface area contributed by atoms with Gasteiger partial charge in [0.25, 0.3) is 0 Å². The highest BCUT2D eigenvalue weighted by atomic mass is 35.5. The third-order valence-electron chi connectivity index (χ3n) is 11.1. The molecule has 6 aromatic rings. The Balaban J connectivity index is 1.47. The second-order valence-electron chi connectivity index (χ2n) is 14.3. The molecule has 1 aliphatic rings. The van der Waals surface area contributed by atoms with Crippen LogP contribution in [0.3, 0.4) is 0 Å². The van der Waals surface area contributed by atoms with E-state index in [4.69, 9.17) is 34.8 Å². The van der Waals surface area contributed by atoms with Crippen LogP contribution in [0.25, 0.3) is 0 Å². The Kier molecular flexibility index (Phi) is 10.8. The van der Waals surface area contributed by atoms with Gasteiger partial charge in [0.05, 0.1) is 0 Å². The fourth-order valence-corrected chi connectivity index (χ4v) is 14.4. The molecule has 0 amide bonds. The van der Waals surface area contributed by atoms with Crippen molar-refractivity contribution in [3.63, 3.8) is 0 Å². The molecule has 0 bridgehead atoms. The molecule has 0 saturated heterocycles. The second kappa shape index (κ2) is 15.5. The van der Waals surface area contributed by atoms with Crippen molar-refractivity contribution in [2.24, 2.45) is 5.92 Å². The summed E-state index contributed by atoms with van der Waals surface area (Å²) in [4.78, 5) is 0. The maximum atomic E-state index is 6.29. The lowest BCUT2D eigenvalue weighted by Crippen LogP contribution is -2.69. The molecular weight excluding hydrogens is 711 g/mol. The molecule has 0 N–H and O–H groups in total. The van der Waals surface area contributed by atoms with Crippen LogP contribution in [-0.2, 0) is 19.3 Å². The molecule has 0 heterocycles. The number of allylic oxidation sites excluding steroid dienone is 4. The Labute approximate surface area is 325 Å². The Morgan fingerprint density at radius 2 is 0.750 bits per heavy atom. The molecular formula is C48H43Cl3Si. The van der Waals surface area contributed by atoms with E-state index in [-0.39, 0.29) is 0 Å². The van der Waals surface area contributed by atoms with Gasteiger partial charge >= 0.3 is 0 Å². The maximum Gasteiger partial charge on any atom is 0.176 e.